The predicted octanol–water partition coefficient (Wildman–Crippen LogP) is 9.30. The fraction of sp³-hybridized carbons (Fsp3) is 0.404. The molecule has 0 saturated carbocycles. The summed E-state index contributed by atoms with van der Waals surface area (Å²) in [6.07, 6.45) is 4.95. The molecule has 432 valence electrons. The Bertz CT molecular complexity index is 3360. The normalized spacial score (nSPS) is 18.4. The van der Waals surface area contributed by atoms with Crippen molar-refractivity contribution in [2.45, 2.75) is 78.7 Å². The van der Waals surface area contributed by atoms with Crippen molar-refractivity contribution in [2.24, 2.45) is 5.41 Å². The van der Waals surface area contributed by atoms with Crippen molar-refractivity contribution in [3.8, 4) is 0 Å². The van der Waals surface area contributed by atoms with Crippen LogP contribution in [-0.4, -0.2) is 144 Å². The molecule has 3 saturated heterocycles. The zero-order valence-corrected chi connectivity index (χ0v) is 48.1. The van der Waals surface area contributed by atoms with Crippen molar-refractivity contribution in [1.82, 2.24) is 29.7 Å². The van der Waals surface area contributed by atoms with Crippen LogP contribution < -0.4 is 25.2 Å². The van der Waals surface area contributed by atoms with Gasteiger partial charge in [-0.1, -0.05) is 61.4 Å². The first-order valence-corrected chi connectivity index (χ1v) is 31.0. The third-order valence-electron chi connectivity index (χ3n) is 15.1. The predicted molar refractivity (Wildman–Crippen MR) is 306 cm³/mol. The zero-order chi connectivity index (χ0) is 57.7. The lowest BCUT2D eigenvalue weighted by Crippen LogP contribution is -2.50. The number of anilines is 3. The second kappa shape index (κ2) is 25.2. The molecule has 1 aromatic heterocycles. The molecule has 9 rings (SSSR count). The highest BCUT2D eigenvalue weighted by molar-refractivity contribution is 7.99. The van der Waals surface area contributed by atoms with Crippen LogP contribution in [0.2, 0.25) is 5.02 Å². The summed E-state index contributed by atoms with van der Waals surface area (Å²) in [6.45, 7) is 11.6. The summed E-state index contributed by atoms with van der Waals surface area (Å²) >= 11 is 7.61. The molecule has 1 aliphatic carbocycles. The van der Waals surface area contributed by atoms with Gasteiger partial charge in [0, 0.05) is 124 Å². The van der Waals surface area contributed by atoms with Gasteiger partial charge in [0.05, 0.1) is 10.6 Å². The average molecular weight is 1190 g/mol. The van der Waals surface area contributed by atoms with E-state index in [1.54, 1.807) is 12.1 Å². The maximum absolute atomic E-state index is 15.2. The monoisotopic (exact) mass is 1190 g/mol. The number of sulfone groups is 1. The van der Waals surface area contributed by atoms with Gasteiger partial charge in [0.1, 0.15) is 4.90 Å². The number of rotatable bonds is 19. The maximum atomic E-state index is 15.2. The fourth-order valence-corrected chi connectivity index (χ4v) is 13.8. The Morgan fingerprint density at radius 2 is 1.48 bits per heavy atom. The lowest BCUT2D eigenvalue weighted by molar-refractivity contribution is -0.120. The summed E-state index contributed by atoms with van der Waals surface area (Å²) in [6, 6.07) is 25.9. The molecule has 0 radical (unpaired) electrons. The van der Waals surface area contributed by atoms with E-state index in [4.69, 9.17) is 11.6 Å². The number of aromatic nitrogens is 1. The molecule has 16 nitrogen and oxygen atoms in total. The van der Waals surface area contributed by atoms with Gasteiger partial charge in [-0.05, 0) is 121 Å². The standard InChI is InChI=1S/C57H64ClF4N9O7S3/c1-56(2)21-18-48(40-8-12-43(58)13-9-40)42(34-56)37-69-28-30-70(31-29-69)45-14-10-41(11-15-45)54(73)66-81(77,78)47-16-17-50(51(33-47)80(75,76)57(60,61)62)64-44(38-79-46-6-4-3-5-7-46)19-22-67-24-26-68(27-25-67)36-39-32-49(59)53(63-35-39)71-23-20-52(72)65-55(71)74/h3-17,32-33,35,44,64H,18-31,34,36-38H2,1-2H3,(H,66,73)(H,65,72,74)/t44-/m1/s1. The molecular weight excluding hydrogens is 1130 g/mol. The molecule has 4 heterocycles. The van der Waals surface area contributed by atoms with E-state index in [1.165, 1.54) is 52.9 Å². The van der Waals surface area contributed by atoms with Gasteiger partial charge >= 0.3 is 11.5 Å². The van der Waals surface area contributed by atoms with Gasteiger partial charge in [0.25, 0.3) is 25.8 Å². The topological polar surface area (TPSA) is 185 Å². The van der Waals surface area contributed by atoms with Gasteiger partial charge in [-0.3, -0.25) is 29.6 Å². The summed E-state index contributed by atoms with van der Waals surface area (Å²) < 4.78 is 115. The smallest absolute Gasteiger partial charge is 0.380 e. The summed E-state index contributed by atoms with van der Waals surface area (Å²) in [5.41, 5.74) is -0.692. The number of carbonyl (C=O) groups is 3. The number of nitrogens with zero attached hydrogens (tertiary/aromatic N) is 6. The molecule has 3 aliphatic heterocycles. The number of piperazine rings is 2. The van der Waals surface area contributed by atoms with Gasteiger partial charge in [0.15, 0.2) is 11.6 Å². The second-order valence-electron chi connectivity index (χ2n) is 21.6. The van der Waals surface area contributed by atoms with Crippen LogP contribution in [0.15, 0.2) is 130 Å². The van der Waals surface area contributed by atoms with Gasteiger partial charge < -0.3 is 15.1 Å². The molecule has 0 spiro atoms. The van der Waals surface area contributed by atoms with Crippen LogP contribution in [0.25, 0.3) is 5.57 Å². The van der Waals surface area contributed by atoms with Crippen LogP contribution in [0.1, 0.15) is 67.4 Å². The Hall–Kier alpha value is -6.08. The first kappa shape index (κ1) is 59.5. The van der Waals surface area contributed by atoms with E-state index in [2.05, 4.69) is 61.2 Å². The lowest BCUT2D eigenvalue weighted by atomic mass is 9.73. The highest BCUT2D eigenvalue weighted by Gasteiger charge is 2.48. The van der Waals surface area contributed by atoms with E-state index >= 15 is 4.39 Å². The number of hydrogen-bond donors (Lipinski definition) is 3. The van der Waals surface area contributed by atoms with Gasteiger partial charge in [0.2, 0.25) is 5.91 Å². The van der Waals surface area contributed by atoms with Crippen molar-refractivity contribution >= 4 is 83.8 Å². The van der Waals surface area contributed by atoms with Crippen molar-refractivity contribution in [2.75, 3.05) is 92.9 Å². The Labute approximate surface area is 479 Å². The molecule has 3 fully saturated rings. The molecule has 0 unspecified atom stereocenters. The van der Waals surface area contributed by atoms with E-state index in [9.17, 15) is 44.4 Å². The maximum Gasteiger partial charge on any atom is 0.501 e. The van der Waals surface area contributed by atoms with Gasteiger partial charge in [-0.2, -0.15) is 13.2 Å². The quantitative estimate of drug-likeness (QED) is 0.0525. The number of amides is 4. The minimum atomic E-state index is -6.15. The van der Waals surface area contributed by atoms with Crippen LogP contribution >= 0.6 is 23.4 Å². The van der Waals surface area contributed by atoms with E-state index in [0.29, 0.717) is 75.4 Å². The Balaban J connectivity index is 0.829. The van der Waals surface area contributed by atoms with Crippen molar-refractivity contribution in [3.63, 3.8) is 0 Å². The number of sulfonamides is 1. The molecule has 1 atom stereocenters. The molecule has 4 aliphatic rings. The largest absolute Gasteiger partial charge is 0.501 e. The molecule has 0 bridgehead atoms. The minimum absolute atomic E-state index is 0.00668. The Kier molecular flexibility index (Phi) is 18.5. The van der Waals surface area contributed by atoms with Crippen molar-refractivity contribution in [3.05, 3.63) is 142 Å². The molecule has 4 aromatic carbocycles. The Morgan fingerprint density at radius 1 is 0.815 bits per heavy atom. The fourth-order valence-electron chi connectivity index (χ4n) is 10.6. The molecular formula is C57H64ClF4N9O7S3. The van der Waals surface area contributed by atoms with Crippen LogP contribution in [0, 0.1) is 11.2 Å². The number of imide groups is 1. The SMILES string of the molecule is CC1(C)CCC(c2ccc(Cl)cc2)=C(CN2CCN(c3ccc(C(=O)NS(=O)(=O)c4ccc(N[C@H](CCN5CCN(Cc6cnc(N7CCC(=O)NC7=O)c(F)c6)CC5)CSc5ccccc5)c(S(=O)(=O)C(F)(F)F)c4)cc3)CC2)C1. The highest BCUT2D eigenvalue weighted by Crippen LogP contribution is 2.43. The van der Waals surface area contributed by atoms with Gasteiger partial charge in [-0.25, -0.2) is 35.7 Å². The van der Waals surface area contributed by atoms with E-state index in [1.807, 2.05) is 47.2 Å². The van der Waals surface area contributed by atoms with Crippen molar-refractivity contribution in [1.29, 1.82) is 0 Å². The highest BCUT2D eigenvalue weighted by atomic mass is 35.5. The number of thioether (sulfide) groups is 1. The number of nitrogens with one attached hydrogen (secondary N) is 3. The van der Waals surface area contributed by atoms with Crippen LogP contribution in [0.3, 0.4) is 0 Å². The molecule has 81 heavy (non-hydrogen) atoms. The first-order valence-electron chi connectivity index (χ1n) is 26.7. The van der Waals surface area contributed by atoms with E-state index < -0.39 is 70.6 Å². The number of benzene rings is 4. The molecule has 5 aromatic rings. The third kappa shape index (κ3) is 15.0. The number of alkyl halides is 3. The average Bonchev–Trinajstić information content (AvgIpc) is 3.54. The number of urea groups is 1. The molecule has 4 amide bonds. The number of pyridine rings is 1. The molecule has 24 heteroatoms. The van der Waals surface area contributed by atoms with E-state index in [-0.39, 0.29) is 35.5 Å². The summed E-state index contributed by atoms with van der Waals surface area (Å²) in [4.78, 5) is 50.1. The number of halogens is 5. The van der Waals surface area contributed by atoms with Crippen molar-refractivity contribution < 1.29 is 48.8 Å². The number of allylic oxidation sites excluding steroid dienone is 1. The lowest BCUT2D eigenvalue weighted by Gasteiger charge is -2.39. The van der Waals surface area contributed by atoms with Gasteiger partial charge in [-0.15, -0.1) is 11.8 Å². The minimum Gasteiger partial charge on any atom is -0.380 e. The summed E-state index contributed by atoms with van der Waals surface area (Å²) in [5.74, 6) is -2.09. The van der Waals surface area contributed by atoms with Crippen LogP contribution in [0.4, 0.5) is 39.5 Å². The summed E-state index contributed by atoms with van der Waals surface area (Å²) in [7, 11) is -11.1. The third-order valence-corrected chi connectivity index (χ3v) is 19.4. The first-order chi connectivity index (χ1) is 38.5. The number of hydrogen-bond acceptors (Lipinski definition) is 14. The number of carbonyl (C=O) groups excluding carboxylic acids is 3. The van der Waals surface area contributed by atoms with E-state index in [0.717, 1.165) is 66.5 Å². The Morgan fingerprint density at radius 3 is 2.15 bits per heavy atom. The van der Waals surface area contributed by atoms with Crippen LogP contribution in [0.5, 0.6) is 0 Å². The molecule has 3 N–H and O–H groups in total. The van der Waals surface area contributed by atoms with Crippen LogP contribution in [-0.2, 0) is 31.2 Å². The zero-order valence-electron chi connectivity index (χ0n) is 44.9. The second-order valence-corrected chi connectivity index (χ2v) is 26.7. The summed E-state index contributed by atoms with van der Waals surface area (Å²) in [5, 5.41) is 5.86.